The van der Waals surface area contributed by atoms with Gasteiger partial charge in [0.1, 0.15) is 11.3 Å². The number of anilines is 2. The van der Waals surface area contributed by atoms with Gasteiger partial charge in [0.15, 0.2) is 0 Å². The van der Waals surface area contributed by atoms with Crippen LogP contribution in [-0.4, -0.2) is 35.2 Å². The number of nitrogens with one attached hydrogen (secondary N) is 1. The first kappa shape index (κ1) is 18.1. The van der Waals surface area contributed by atoms with Gasteiger partial charge in [-0.3, -0.25) is 0 Å². The molecule has 6 heteroatoms. The van der Waals surface area contributed by atoms with Crippen molar-refractivity contribution in [2.24, 2.45) is 0 Å². The maximum Gasteiger partial charge on any atom is 0.203 e. The molecule has 142 valence electrons. The summed E-state index contributed by atoms with van der Waals surface area (Å²) in [5.41, 5.74) is 6.47. The quantitative estimate of drug-likeness (QED) is 0.696. The number of aryl methyl sites for hydroxylation is 3. The molecule has 0 saturated carbocycles. The average molecular weight is 384 g/mol. The maximum atomic E-state index is 6.90. The number of hydrogen-bond donors (Lipinski definition) is 1. The molecular weight excluding hydrogens is 358 g/mol. The Morgan fingerprint density at radius 1 is 1.22 bits per heavy atom. The van der Waals surface area contributed by atoms with Crippen LogP contribution < -0.4 is 10.2 Å². The first-order valence-corrected chi connectivity index (χ1v) is 10.00. The molecule has 0 fully saturated rings. The first-order chi connectivity index (χ1) is 13.0. The van der Waals surface area contributed by atoms with E-state index in [2.05, 4.69) is 28.9 Å². The molecule has 1 aliphatic rings. The van der Waals surface area contributed by atoms with E-state index < -0.39 is 0 Å². The SMILES string of the molecule is CCCc1cc(-c2ccc(N(C)C)nc2C)c(Cl)c2nc3n(c12)CCCN3. The van der Waals surface area contributed by atoms with Crippen LogP contribution in [0.2, 0.25) is 5.02 Å². The Labute approximate surface area is 165 Å². The predicted octanol–water partition coefficient (Wildman–Crippen LogP) is 4.89. The van der Waals surface area contributed by atoms with Crippen LogP contribution in [0.25, 0.3) is 22.2 Å². The summed E-state index contributed by atoms with van der Waals surface area (Å²) in [7, 11) is 4.00. The summed E-state index contributed by atoms with van der Waals surface area (Å²) >= 11 is 6.90. The van der Waals surface area contributed by atoms with Gasteiger partial charge in [0.2, 0.25) is 5.95 Å². The van der Waals surface area contributed by atoms with Crippen molar-refractivity contribution in [1.29, 1.82) is 0 Å². The number of hydrogen-bond acceptors (Lipinski definition) is 4. The summed E-state index contributed by atoms with van der Waals surface area (Å²) < 4.78 is 2.29. The van der Waals surface area contributed by atoms with E-state index in [0.29, 0.717) is 0 Å². The Morgan fingerprint density at radius 2 is 2.04 bits per heavy atom. The van der Waals surface area contributed by atoms with Crippen molar-refractivity contribution in [3.63, 3.8) is 0 Å². The Hall–Kier alpha value is -2.27. The van der Waals surface area contributed by atoms with Crippen molar-refractivity contribution in [3.05, 3.63) is 34.5 Å². The summed E-state index contributed by atoms with van der Waals surface area (Å²) in [6.45, 7) is 6.21. The predicted molar refractivity (Wildman–Crippen MR) is 114 cm³/mol. The van der Waals surface area contributed by atoms with Crippen LogP contribution in [0.4, 0.5) is 11.8 Å². The lowest BCUT2D eigenvalue weighted by Gasteiger charge is -2.18. The van der Waals surface area contributed by atoms with Crippen LogP contribution in [-0.2, 0) is 13.0 Å². The molecule has 27 heavy (non-hydrogen) atoms. The van der Waals surface area contributed by atoms with Crippen molar-refractivity contribution >= 4 is 34.4 Å². The fourth-order valence-electron chi connectivity index (χ4n) is 3.89. The fourth-order valence-corrected chi connectivity index (χ4v) is 4.18. The molecule has 0 unspecified atom stereocenters. The second-order valence-electron chi connectivity index (χ2n) is 7.41. The molecule has 1 aliphatic heterocycles. The van der Waals surface area contributed by atoms with E-state index in [1.807, 2.05) is 32.0 Å². The third-order valence-corrected chi connectivity index (χ3v) is 5.60. The minimum absolute atomic E-state index is 0.719. The van der Waals surface area contributed by atoms with Crippen molar-refractivity contribution in [3.8, 4) is 11.1 Å². The number of pyridine rings is 1. The number of aromatic nitrogens is 3. The lowest BCUT2D eigenvalue weighted by atomic mass is 9.98. The summed E-state index contributed by atoms with van der Waals surface area (Å²) in [6.07, 6.45) is 3.20. The Bertz CT molecular complexity index is 1010. The smallest absolute Gasteiger partial charge is 0.203 e. The summed E-state index contributed by atoms with van der Waals surface area (Å²) in [4.78, 5) is 11.6. The van der Waals surface area contributed by atoms with Gasteiger partial charge in [0, 0.05) is 44.0 Å². The molecule has 5 nitrogen and oxygen atoms in total. The van der Waals surface area contributed by atoms with E-state index in [1.54, 1.807) is 0 Å². The molecule has 2 aromatic heterocycles. The number of imidazole rings is 1. The Kier molecular flexibility index (Phi) is 4.72. The summed E-state index contributed by atoms with van der Waals surface area (Å²) in [6, 6.07) is 6.41. The monoisotopic (exact) mass is 383 g/mol. The molecule has 0 spiro atoms. The molecule has 4 rings (SSSR count). The van der Waals surface area contributed by atoms with E-state index in [-0.39, 0.29) is 0 Å². The van der Waals surface area contributed by atoms with Gasteiger partial charge >= 0.3 is 0 Å². The van der Waals surface area contributed by atoms with Gasteiger partial charge in [-0.25, -0.2) is 9.97 Å². The molecule has 0 atom stereocenters. The first-order valence-electron chi connectivity index (χ1n) is 9.62. The average Bonchev–Trinajstić information content (AvgIpc) is 3.04. The molecule has 1 aromatic carbocycles. The van der Waals surface area contributed by atoms with E-state index >= 15 is 0 Å². The van der Waals surface area contributed by atoms with Crippen LogP contribution in [0.15, 0.2) is 18.2 Å². The highest BCUT2D eigenvalue weighted by atomic mass is 35.5. The third-order valence-electron chi connectivity index (χ3n) is 5.22. The van der Waals surface area contributed by atoms with Crippen LogP contribution in [0.1, 0.15) is 31.0 Å². The normalized spacial score (nSPS) is 13.5. The highest BCUT2D eigenvalue weighted by molar-refractivity contribution is 6.38. The zero-order valence-corrected chi connectivity index (χ0v) is 17.2. The number of rotatable bonds is 4. The Balaban J connectivity index is 1.95. The van der Waals surface area contributed by atoms with E-state index in [9.17, 15) is 0 Å². The highest BCUT2D eigenvalue weighted by Crippen LogP contribution is 2.40. The lowest BCUT2D eigenvalue weighted by molar-refractivity contribution is 0.640. The van der Waals surface area contributed by atoms with Crippen molar-refractivity contribution in [2.75, 3.05) is 30.9 Å². The Morgan fingerprint density at radius 3 is 2.74 bits per heavy atom. The molecule has 3 aromatic rings. The number of benzene rings is 1. The van der Waals surface area contributed by atoms with Crippen LogP contribution >= 0.6 is 11.6 Å². The van der Waals surface area contributed by atoms with Crippen molar-refractivity contribution in [1.82, 2.24) is 14.5 Å². The summed E-state index contributed by atoms with van der Waals surface area (Å²) in [5, 5.41) is 4.13. The molecule has 0 amide bonds. The van der Waals surface area contributed by atoms with Gasteiger partial charge in [-0.1, -0.05) is 24.9 Å². The van der Waals surface area contributed by atoms with Gasteiger partial charge in [-0.15, -0.1) is 0 Å². The topological polar surface area (TPSA) is 46.0 Å². The number of fused-ring (bicyclic) bond motifs is 3. The highest BCUT2D eigenvalue weighted by Gasteiger charge is 2.22. The van der Waals surface area contributed by atoms with E-state index in [0.717, 1.165) is 71.5 Å². The second kappa shape index (κ2) is 7.04. The molecular formula is C21H26ClN5. The zero-order chi connectivity index (χ0) is 19.1. The minimum atomic E-state index is 0.719. The summed E-state index contributed by atoms with van der Waals surface area (Å²) in [5.74, 6) is 1.88. The van der Waals surface area contributed by atoms with Gasteiger partial charge in [0.05, 0.1) is 10.5 Å². The van der Waals surface area contributed by atoms with E-state index in [4.69, 9.17) is 21.6 Å². The van der Waals surface area contributed by atoms with Crippen molar-refractivity contribution < 1.29 is 0 Å². The molecule has 0 radical (unpaired) electrons. The van der Waals surface area contributed by atoms with E-state index in [1.165, 1.54) is 11.1 Å². The van der Waals surface area contributed by atoms with Crippen LogP contribution in [0, 0.1) is 6.92 Å². The number of halogens is 1. The minimum Gasteiger partial charge on any atom is -0.363 e. The largest absolute Gasteiger partial charge is 0.363 e. The standard InChI is InChI=1S/C21H26ClN5/c1-5-7-14-12-16(15-8-9-17(26(3)4)24-13(15)2)18(22)19-20(14)27-11-6-10-23-21(27)25-19/h8-9,12H,5-7,10-11H2,1-4H3,(H,23,25). The molecule has 0 aliphatic carbocycles. The van der Waals surface area contributed by atoms with Crippen LogP contribution in [0.3, 0.4) is 0 Å². The van der Waals surface area contributed by atoms with Crippen molar-refractivity contribution in [2.45, 2.75) is 39.7 Å². The lowest BCUT2D eigenvalue weighted by Crippen LogP contribution is -2.17. The zero-order valence-electron chi connectivity index (χ0n) is 16.4. The molecule has 0 saturated heterocycles. The molecule has 0 bridgehead atoms. The third kappa shape index (κ3) is 3.04. The molecule has 3 heterocycles. The fraction of sp³-hybridized carbons (Fsp3) is 0.429. The molecule has 1 N–H and O–H groups in total. The van der Waals surface area contributed by atoms with Gasteiger partial charge in [0.25, 0.3) is 0 Å². The number of nitrogens with zero attached hydrogens (tertiary/aromatic N) is 4. The van der Waals surface area contributed by atoms with Crippen LogP contribution in [0.5, 0.6) is 0 Å². The van der Waals surface area contributed by atoms with Gasteiger partial charge in [-0.2, -0.15) is 0 Å². The van der Waals surface area contributed by atoms with Gasteiger partial charge < -0.3 is 14.8 Å². The second-order valence-corrected chi connectivity index (χ2v) is 7.79. The van der Waals surface area contributed by atoms with Gasteiger partial charge in [-0.05, 0) is 43.5 Å². The maximum absolute atomic E-state index is 6.90.